The minimum atomic E-state index is -0.746. The molecule has 0 spiro atoms. The summed E-state index contributed by atoms with van der Waals surface area (Å²) < 4.78 is 12.2. The number of benzene rings is 1. The van der Waals surface area contributed by atoms with Gasteiger partial charge in [0.25, 0.3) is 0 Å². The van der Waals surface area contributed by atoms with Gasteiger partial charge in [0.2, 0.25) is 0 Å². The van der Waals surface area contributed by atoms with Crippen molar-refractivity contribution in [2.45, 2.75) is 38.0 Å². The molecule has 0 saturated heterocycles. The highest BCUT2D eigenvalue weighted by molar-refractivity contribution is 9.10. The highest BCUT2D eigenvalue weighted by Gasteiger charge is 2.48. The number of ether oxygens (including phenoxy) is 2. The zero-order valence-corrected chi connectivity index (χ0v) is 13.0. The van der Waals surface area contributed by atoms with E-state index < -0.39 is 11.4 Å². The zero-order valence-electron chi connectivity index (χ0n) is 11.4. The van der Waals surface area contributed by atoms with Crippen molar-refractivity contribution < 1.29 is 19.4 Å². The topological polar surface area (TPSA) is 55.8 Å². The van der Waals surface area contributed by atoms with Gasteiger partial charge in [-0.25, -0.2) is 0 Å². The lowest BCUT2D eigenvalue weighted by molar-refractivity contribution is -0.147. The van der Waals surface area contributed by atoms with Gasteiger partial charge < -0.3 is 14.6 Å². The van der Waals surface area contributed by atoms with Crippen molar-refractivity contribution in [3.8, 4) is 11.5 Å². The summed E-state index contributed by atoms with van der Waals surface area (Å²) in [5, 5.41) is 9.66. The van der Waals surface area contributed by atoms with E-state index >= 15 is 0 Å². The summed E-state index contributed by atoms with van der Waals surface area (Å²) in [6.07, 6.45) is 3.09. The van der Waals surface area contributed by atoms with Crippen LogP contribution in [0.3, 0.4) is 0 Å². The summed E-state index contributed by atoms with van der Waals surface area (Å²) in [5.41, 5.74) is 1.11. The number of carboxylic acid groups (broad SMARTS) is 1. The van der Waals surface area contributed by atoms with Crippen molar-refractivity contribution in [2.75, 3.05) is 13.2 Å². The molecule has 0 bridgehead atoms. The van der Waals surface area contributed by atoms with E-state index in [9.17, 15) is 9.90 Å². The Kier molecular flexibility index (Phi) is 3.40. The first kappa shape index (κ1) is 13.7. The van der Waals surface area contributed by atoms with E-state index in [-0.39, 0.29) is 0 Å². The molecule has 0 aromatic heterocycles. The summed E-state index contributed by atoms with van der Waals surface area (Å²) >= 11 is 3.49. The normalized spacial score (nSPS) is 19.3. The minimum Gasteiger partial charge on any atom is -0.486 e. The summed E-state index contributed by atoms with van der Waals surface area (Å²) in [6.45, 7) is 3.06. The van der Waals surface area contributed by atoms with Gasteiger partial charge in [-0.3, -0.25) is 4.79 Å². The van der Waals surface area contributed by atoms with E-state index in [1.54, 1.807) is 0 Å². The molecular weight excluding hydrogens is 324 g/mol. The highest BCUT2D eigenvalue weighted by Crippen LogP contribution is 2.51. The molecule has 4 nitrogen and oxygen atoms in total. The maximum absolute atomic E-state index is 11.8. The van der Waals surface area contributed by atoms with Crippen molar-refractivity contribution in [2.24, 2.45) is 0 Å². The molecule has 1 aromatic carbocycles. The first-order valence-electron chi connectivity index (χ1n) is 6.95. The van der Waals surface area contributed by atoms with Crippen LogP contribution in [0, 0.1) is 0 Å². The number of hydrogen-bond donors (Lipinski definition) is 1. The van der Waals surface area contributed by atoms with Crippen molar-refractivity contribution in [1.82, 2.24) is 0 Å². The Morgan fingerprint density at radius 3 is 2.50 bits per heavy atom. The average Bonchev–Trinajstić information content (AvgIpc) is 2.37. The lowest BCUT2D eigenvalue weighted by atomic mass is 9.63. The van der Waals surface area contributed by atoms with E-state index in [0.29, 0.717) is 31.8 Å². The third-order valence-electron chi connectivity index (χ3n) is 4.36. The number of carboxylic acids is 1. The second-order valence-corrected chi connectivity index (χ2v) is 6.19. The van der Waals surface area contributed by atoms with Crippen LogP contribution in [0.15, 0.2) is 10.5 Å². The highest BCUT2D eigenvalue weighted by atomic mass is 79.9. The number of rotatable bonds is 3. The van der Waals surface area contributed by atoms with Crippen LogP contribution in [0.4, 0.5) is 0 Å². The number of carbonyl (C=O) groups is 1. The Bertz CT molecular complexity index is 563. The van der Waals surface area contributed by atoms with E-state index in [1.165, 1.54) is 0 Å². The van der Waals surface area contributed by atoms with E-state index in [1.807, 2.05) is 13.0 Å². The van der Waals surface area contributed by atoms with Crippen LogP contribution in [0.25, 0.3) is 0 Å². The molecule has 1 heterocycles. The summed E-state index contributed by atoms with van der Waals surface area (Å²) in [6, 6.07) is 1.92. The Morgan fingerprint density at radius 1 is 1.35 bits per heavy atom. The lowest BCUT2D eigenvalue weighted by Gasteiger charge is -2.40. The number of fused-ring (bicyclic) bond motifs is 1. The van der Waals surface area contributed by atoms with Crippen LogP contribution in [0.2, 0.25) is 0 Å². The molecule has 0 amide bonds. The molecule has 1 aliphatic carbocycles. The van der Waals surface area contributed by atoms with E-state index in [4.69, 9.17) is 9.47 Å². The summed E-state index contributed by atoms with van der Waals surface area (Å²) in [5.74, 6) is 0.689. The van der Waals surface area contributed by atoms with Gasteiger partial charge in [0.15, 0.2) is 11.5 Å². The maximum atomic E-state index is 11.8. The molecule has 0 atom stereocenters. The van der Waals surface area contributed by atoms with Gasteiger partial charge in [-0.1, -0.05) is 13.3 Å². The predicted molar refractivity (Wildman–Crippen MR) is 77.7 cm³/mol. The zero-order chi connectivity index (χ0) is 14.3. The third-order valence-corrected chi connectivity index (χ3v) is 4.94. The first-order chi connectivity index (χ1) is 9.60. The fraction of sp³-hybridized carbons (Fsp3) is 0.533. The molecule has 108 valence electrons. The van der Waals surface area contributed by atoms with Gasteiger partial charge in [-0.2, -0.15) is 0 Å². The lowest BCUT2D eigenvalue weighted by Crippen LogP contribution is -2.43. The molecule has 0 radical (unpaired) electrons. The molecule has 1 saturated carbocycles. The van der Waals surface area contributed by atoms with Crippen LogP contribution < -0.4 is 9.47 Å². The first-order valence-corrected chi connectivity index (χ1v) is 7.74. The van der Waals surface area contributed by atoms with Crippen LogP contribution in [-0.4, -0.2) is 24.3 Å². The summed E-state index contributed by atoms with van der Waals surface area (Å²) in [4.78, 5) is 11.8. The molecule has 2 aliphatic rings. The molecule has 20 heavy (non-hydrogen) atoms. The van der Waals surface area contributed by atoms with Crippen molar-refractivity contribution in [1.29, 1.82) is 0 Å². The van der Waals surface area contributed by atoms with E-state index in [0.717, 1.165) is 34.2 Å². The predicted octanol–water partition coefficient (Wildman–Crippen LogP) is 3.29. The van der Waals surface area contributed by atoms with E-state index in [2.05, 4.69) is 15.9 Å². The second kappa shape index (κ2) is 4.95. The van der Waals surface area contributed by atoms with Gasteiger partial charge >= 0.3 is 5.97 Å². The van der Waals surface area contributed by atoms with Crippen LogP contribution in [0.5, 0.6) is 11.5 Å². The largest absolute Gasteiger partial charge is 0.486 e. The summed E-state index contributed by atoms with van der Waals surface area (Å²) in [7, 11) is 0. The second-order valence-electron chi connectivity index (χ2n) is 5.33. The molecule has 0 unspecified atom stereocenters. The van der Waals surface area contributed by atoms with Crippen molar-refractivity contribution in [3.05, 3.63) is 21.7 Å². The SMILES string of the molecule is CCc1c(C2(C(=O)O)CCC2)cc(Br)c2c1OCCO2. The third kappa shape index (κ3) is 1.83. The van der Waals surface area contributed by atoms with Crippen molar-refractivity contribution in [3.63, 3.8) is 0 Å². The Balaban J connectivity index is 2.21. The Hall–Kier alpha value is -1.23. The number of aliphatic carboxylic acids is 1. The van der Waals surface area contributed by atoms with Gasteiger partial charge in [-0.15, -0.1) is 0 Å². The Labute approximate surface area is 126 Å². The fourth-order valence-corrected chi connectivity index (χ4v) is 3.65. The molecule has 5 heteroatoms. The quantitative estimate of drug-likeness (QED) is 0.917. The van der Waals surface area contributed by atoms with Gasteiger partial charge in [0, 0.05) is 5.56 Å². The fourth-order valence-electron chi connectivity index (χ4n) is 3.13. The monoisotopic (exact) mass is 340 g/mol. The number of hydrogen-bond acceptors (Lipinski definition) is 3. The van der Waals surface area contributed by atoms with Crippen LogP contribution >= 0.6 is 15.9 Å². The smallest absolute Gasteiger partial charge is 0.314 e. The molecule has 1 fully saturated rings. The van der Waals surface area contributed by atoms with Gasteiger partial charge in [0.1, 0.15) is 13.2 Å². The molecule has 1 N–H and O–H groups in total. The average molecular weight is 341 g/mol. The van der Waals surface area contributed by atoms with Crippen LogP contribution in [0.1, 0.15) is 37.3 Å². The molecule has 1 aromatic rings. The maximum Gasteiger partial charge on any atom is 0.314 e. The molecular formula is C15H17BrO4. The molecule has 3 rings (SSSR count). The Morgan fingerprint density at radius 2 is 2.00 bits per heavy atom. The van der Waals surface area contributed by atoms with Crippen LogP contribution in [-0.2, 0) is 16.6 Å². The number of halogens is 1. The van der Waals surface area contributed by atoms with Gasteiger partial charge in [-0.05, 0) is 46.8 Å². The minimum absolute atomic E-state index is 0.510. The standard InChI is InChI=1S/C15H17BrO4/c1-2-9-10(15(14(17)18)4-3-5-15)8-11(16)13-12(9)19-6-7-20-13/h8H,2-7H2,1H3,(H,17,18). The van der Waals surface area contributed by atoms with Gasteiger partial charge in [0.05, 0.1) is 9.89 Å². The van der Waals surface area contributed by atoms with Crippen molar-refractivity contribution >= 4 is 21.9 Å². The molecule has 1 aliphatic heterocycles.